The van der Waals surface area contributed by atoms with Crippen LogP contribution < -0.4 is 0 Å². The van der Waals surface area contributed by atoms with E-state index in [-0.39, 0.29) is 0 Å². The Kier molecular flexibility index (Phi) is 5.64. The van der Waals surface area contributed by atoms with Crippen molar-refractivity contribution in [3.05, 3.63) is 151 Å². The molecule has 0 spiro atoms. The van der Waals surface area contributed by atoms with Crippen LogP contribution in [-0.2, 0) is 0 Å². The second-order valence-electron chi connectivity index (χ2n) is 10.4. The van der Waals surface area contributed by atoms with Gasteiger partial charge in [0.05, 0.1) is 11.0 Å². The molecule has 0 saturated heterocycles. The van der Waals surface area contributed by atoms with Crippen molar-refractivity contribution in [2.75, 3.05) is 0 Å². The molecular formula is C38H29N. The molecule has 0 aliphatic carbocycles. The molecule has 6 aromatic carbocycles. The Labute approximate surface area is 229 Å². The van der Waals surface area contributed by atoms with Gasteiger partial charge >= 0.3 is 0 Å². The Bertz CT molecular complexity index is 1880. The summed E-state index contributed by atoms with van der Waals surface area (Å²) in [5.74, 6) is 0. The van der Waals surface area contributed by atoms with Crippen LogP contribution in [0.25, 0.3) is 60.9 Å². The van der Waals surface area contributed by atoms with Crippen molar-refractivity contribution in [3.8, 4) is 39.1 Å². The zero-order valence-electron chi connectivity index (χ0n) is 22.2. The molecule has 7 rings (SSSR count). The summed E-state index contributed by atoms with van der Waals surface area (Å²) in [4.78, 5) is 0. The number of hydrogen-bond donors (Lipinski definition) is 0. The van der Waals surface area contributed by atoms with E-state index in [0.717, 1.165) is 0 Å². The Morgan fingerprint density at radius 1 is 0.385 bits per heavy atom. The predicted molar refractivity (Wildman–Crippen MR) is 167 cm³/mol. The van der Waals surface area contributed by atoms with Gasteiger partial charge in [-0.15, -0.1) is 0 Å². The van der Waals surface area contributed by atoms with Crippen molar-refractivity contribution in [1.82, 2.24) is 4.57 Å². The van der Waals surface area contributed by atoms with Crippen LogP contribution in [0.1, 0.15) is 11.1 Å². The van der Waals surface area contributed by atoms with Crippen LogP contribution >= 0.6 is 0 Å². The van der Waals surface area contributed by atoms with Gasteiger partial charge in [0.15, 0.2) is 0 Å². The molecule has 7 aromatic rings. The minimum Gasteiger partial charge on any atom is -0.309 e. The van der Waals surface area contributed by atoms with Crippen molar-refractivity contribution in [3.63, 3.8) is 0 Å². The summed E-state index contributed by atoms with van der Waals surface area (Å²) in [6.07, 6.45) is 0. The van der Waals surface area contributed by atoms with E-state index in [9.17, 15) is 0 Å². The molecule has 0 N–H and O–H groups in total. The van der Waals surface area contributed by atoms with Gasteiger partial charge in [0.2, 0.25) is 0 Å². The fourth-order valence-corrected chi connectivity index (χ4v) is 5.78. The summed E-state index contributed by atoms with van der Waals surface area (Å²) >= 11 is 0. The first-order valence-electron chi connectivity index (χ1n) is 13.5. The molecule has 39 heavy (non-hydrogen) atoms. The van der Waals surface area contributed by atoms with Gasteiger partial charge in [-0.05, 0) is 89.7 Å². The number of aromatic nitrogens is 1. The summed E-state index contributed by atoms with van der Waals surface area (Å²) in [6.45, 7) is 4.33. The maximum absolute atomic E-state index is 2.39. The molecule has 0 saturated carbocycles. The fraction of sp³-hybridized carbons (Fsp3) is 0.0526. The smallest absolute Gasteiger partial charge is 0.0541 e. The third kappa shape index (κ3) is 4.13. The molecule has 0 amide bonds. The fourth-order valence-electron chi connectivity index (χ4n) is 5.78. The van der Waals surface area contributed by atoms with Gasteiger partial charge in [0, 0.05) is 16.5 Å². The van der Waals surface area contributed by atoms with Gasteiger partial charge in [-0.25, -0.2) is 0 Å². The van der Waals surface area contributed by atoms with E-state index in [4.69, 9.17) is 0 Å². The highest BCUT2D eigenvalue weighted by molar-refractivity contribution is 6.09. The monoisotopic (exact) mass is 499 g/mol. The van der Waals surface area contributed by atoms with Gasteiger partial charge in [-0.2, -0.15) is 0 Å². The molecule has 0 aliphatic rings. The number of aryl methyl sites for hydroxylation is 2. The standard InChI is InChI=1S/C38H29N/c1-26-13-21-37-35(23-26)36-24-27(2)14-22-38(36)39(37)32-18-15-28(16-19-32)31-17-20-33(29-9-5-3-6-10-29)34(25-31)30-11-7-4-8-12-30/h3-25H,1-2H3. The number of benzene rings is 6. The largest absolute Gasteiger partial charge is 0.309 e. The van der Waals surface area contributed by atoms with Crippen molar-refractivity contribution in [2.24, 2.45) is 0 Å². The molecular weight excluding hydrogens is 470 g/mol. The average Bonchev–Trinajstić information content (AvgIpc) is 3.30. The first-order valence-corrected chi connectivity index (χ1v) is 13.5. The summed E-state index contributed by atoms with van der Waals surface area (Å²) in [6, 6.07) is 50.7. The predicted octanol–water partition coefficient (Wildman–Crippen LogP) is 10.4. The number of hydrogen-bond acceptors (Lipinski definition) is 0. The molecule has 0 radical (unpaired) electrons. The Hall–Kier alpha value is -4.88. The van der Waals surface area contributed by atoms with Gasteiger partial charge in [-0.1, -0.05) is 108 Å². The molecule has 0 fully saturated rings. The zero-order valence-corrected chi connectivity index (χ0v) is 22.2. The lowest BCUT2D eigenvalue weighted by Crippen LogP contribution is -1.94. The van der Waals surface area contributed by atoms with Crippen molar-refractivity contribution >= 4 is 21.8 Å². The number of fused-ring (bicyclic) bond motifs is 3. The first kappa shape index (κ1) is 23.3. The second-order valence-corrected chi connectivity index (χ2v) is 10.4. The topological polar surface area (TPSA) is 4.93 Å². The molecule has 0 unspecified atom stereocenters. The molecule has 1 heterocycles. The Morgan fingerprint density at radius 2 is 0.897 bits per heavy atom. The van der Waals surface area contributed by atoms with Crippen LogP contribution in [0.5, 0.6) is 0 Å². The number of nitrogens with zero attached hydrogens (tertiary/aromatic N) is 1. The van der Waals surface area contributed by atoms with E-state index < -0.39 is 0 Å². The lowest BCUT2D eigenvalue weighted by molar-refractivity contribution is 1.18. The molecule has 186 valence electrons. The highest BCUT2D eigenvalue weighted by atomic mass is 15.0. The normalized spacial score (nSPS) is 11.3. The summed E-state index contributed by atoms with van der Waals surface area (Å²) in [5.41, 5.74) is 13.6. The van der Waals surface area contributed by atoms with Crippen LogP contribution in [0, 0.1) is 13.8 Å². The molecule has 1 heteroatoms. The first-order chi connectivity index (χ1) is 19.2. The third-order valence-electron chi connectivity index (χ3n) is 7.72. The van der Waals surface area contributed by atoms with E-state index in [2.05, 4.69) is 158 Å². The maximum Gasteiger partial charge on any atom is 0.0541 e. The van der Waals surface area contributed by atoms with E-state index in [1.54, 1.807) is 0 Å². The van der Waals surface area contributed by atoms with Crippen LogP contribution in [0.2, 0.25) is 0 Å². The molecule has 0 atom stereocenters. The maximum atomic E-state index is 2.39. The average molecular weight is 500 g/mol. The van der Waals surface area contributed by atoms with Gasteiger partial charge in [0.25, 0.3) is 0 Å². The van der Waals surface area contributed by atoms with Gasteiger partial charge in [0.1, 0.15) is 0 Å². The van der Waals surface area contributed by atoms with E-state index >= 15 is 0 Å². The highest BCUT2D eigenvalue weighted by Crippen LogP contribution is 2.37. The lowest BCUT2D eigenvalue weighted by Gasteiger charge is -2.14. The quantitative estimate of drug-likeness (QED) is 0.227. The van der Waals surface area contributed by atoms with E-state index in [1.807, 2.05) is 0 Å². The van der Waals surface area contributed by atoms with Crippen molar-refractivity contribution in [2.45, 2.75) is 13.8 Å². The molecule has 1 nitrogen and oxygen atoms in total. The molecule has 1 aromatic heterocycles. The summed E-state index contributed by atoms with van der Waals surface area (Å²) in [5, 5.41) is 2.61. The lowest BCUT2D eigenvalue weighted by atomic mass is 9.91. The SMILES string of the molecule is Cc1ccc2c(c1)c1cc(C)ccc1n2-c1ccc(-c2ccc(-c3ccccc3)c(-c3ccccc3)c2)cc1. The van der Waals surface area contributed by atoms with Crippen molar-refractivity contribution < 1.29 is 0 Å². The Balaban J connectivity index is 1.35. The third-order valence-corrected chi connectivity index (χ3v) is 7.72. The minimum atomic E-state index is 1.18. The van der Waals surface area contributed by atoms with E-state index in [1.165, 1.54) is 72.0 Å². The second kappa shape index (κ2) is 9.45. The Morgan fingerprint density at radius 3 is 1.46 bits per heavy atom. The summed E-state index contributed by atoms with van der Waals surface area (Å²) in [7, 11) is 0. The minimum absolute atomic E-state index is 1.18. The van der Waals surface area contributed by atoms with Crippen molar-refractivity contribution in [1.29, 1.82) is 0 Å². The summed E-state index contributed by atoms with van der Waals surface area (Å²) < 4.78 is 2.39. The molecule has 0 aliphatic heterocycles. The van der Waals surface area contributed by atoms with Crippen LogP contribution in [0.4, 0.5) is 0 Å². The van der Waals surface area contributed by atoms with Crippen LogP contribution in [-0.4, -0.2) is 4.57 Å². The highest BCUT2D eigenvalue weighted by Gasteiger charge is 2.14. The van der Waals surface area contributed by atoms with Gasteiger partial charge in [-0.3, -0.25) is 0 Å². The number of rotatable bonds is 4. The van der Waals surface area contributed by atoms with Crippen LogP contribution in [0.3, 0.4) is 0 Å². The molecule has 0 bridgehead atoms. The van der Waals surface area contributed by atoms with Gasteiger partial charge < -0.3 is 4.57 Å². The zero-order chi connectivity index (χ0) is 26.3. The van der Waals surface area contributed by atoms with E-state index in [0.29, 0.717) is 0 Å². The van der Waals surface area contributed by atoms with Crippen LogP contribution in [0.15, 0.2) is 140 Å².